The van der Waals surface area contributed by atoms with Crippen molar-refractivity contribution in [3.63, 3.8) is 0 Å². The minimum absolute atomic E-state index is 0.183. The second-order valence-electron chi connectivity index (χ2n) is 1.65. The van der Waals surface area contributed by atoms with E-state index in [0.29, 0.717) is 10.8 Å². The average Bonchev–Trinajstić information content (AvgIpc) is 1.88. The van der Waals surface area contributed by atoms with Crippen LogP contribution in [0.4, 0.5) is 11.5 Å². The first-order valence-electron chi connectivity index (χ1n) is 2.53. The van der Waals surface area contributed by atoms with Gasteiger partial charge in [0, 0.05) is 0 Å². The van der Waals surface area contributed by atoms with Gasteiger partial charge in [-0.15, -0.1) is 0 Å². The molecule has 0 amide bonds. The van der Waals surface area contributed by atoms with Gasteiger partial charge in [0.05, 0.1) is 6.57 Å². The number of rotatable bonds is 0. The minimum atomic E-state index is 0.183. The molecule has 0 radical (unpaired) electrons. The lowest BCUT2D eigenvalue weighted by Crippen LogP contribution is -1.88. The molecule has 0 atom stereocenters. The van der Waals surface area contributed by atoms with E-state index in [4.69, 9.17) is 23.9 Å². The van der Waals surface area contributed by atoms with E-state index in [0.717, 1.165) is 0 Å². The first-order valence-corrected chi connectivity index (χ1v) is 2.91. The van der Waals surface area contributed by atoms with Crippen molar-refractivity contribution >= 4 is 23.1 Å². The molecule has 1 heterocycles. The predicted molar refractivity (Wildman–Crippen MR) is 39.9 cm³/mol. The summed E-state index contributed by atoms with van der Waals surface area (Å²) < 4.78 is 0. The summed E-state index contributed by atoms with van der Waals surface area (Å²) in [6, 6.07) is 3.07. The number of aromatic nitrogens is 1. The number of hydrogen-bond acceptors (Lipinski definition) is 2. The highest BCUT2D eigenvalue weighted by Crippen LogP contribution is 2.20. The van der Waals surface area contributed by atoms with Crippen LogP contribution < -0.4 is 5.73 Å². The molecule has 0 fully saturated rings. The zero-order valence-electron chi connectivity index (χ0n) is 5.00. The normalized spacial score (nSPS) is 8.80. The summed E-state index contributed by atoms with van der Waals surface area (Å²) in [7, 11) is 0. The first-order chi connectivity index (χ1) is 4.74. The summed E-state index contributed by atoms with van der Waals surface area (Å²) in [6.07, 6.45) is 0. The van der Waals surface area contributed by atoms with Crippen LogP contribution in [0.1, 0.15) is 0 Å². The van der Waals surface area contributed by atoms with Gasteiger partial charge in [-0.3, -0.25) is 0 Å². The maximum atomic E-state index is 6.62. The fourth-order valence-corrected chi connectivity index (χ4v) is 0.691. The van der Waals surface area contributed by atoms with Crippen molar-refractivity contribution in [1.82, 2.24) is 4.98 Å². The van der Waals surface area contributed by atoms with E-state index in [-0.39, 0.29) is 5.82 Å². The molecule has 0 aliphatic heterocycles. The quantitative estimate of drug-likeness (QED) is 0.457. The summed E-state index contributed by atoms with van der Waals surface area (Å²) >= 11 is 5.48. The third kappa shape index (κ3) is 1.17. The smallest absolute Gasteiger partial charge is 0.228 e. The molecular formula is C6H4ClN3. The van der Waals surface area contributed by atoms with Crippen molar-refractivity contribution in [3.05, 3.63) is 28.7 Å². The molecule has 2 N–H and O–H groups in total. The lowest BCUT2D eigenvalue weighted by Gasteiger charge is -1.94. The van der Waals surface area contributed by atoms with E-state index >= 15 is 0 Å². The SMILES string of the molecule is [C-]#[N+]c1ccc(Cl)nc1N. The third-order valence-corrected chi connectivity index (χ3v) is 1.20. The number of anilines is 1. The van der Waals surface area contributed by atoms with Gasteiger partial charge in [0.1, 0.15) is 11.0 Å². The van der Waals surface area contributed by atoms with Gasteiger partial charge in [0.25, 0.3) is 0 Å². The Balaban J connectivity index is 3.23. The van der Waals surface area contributed by atoms with Crippen molar-refractivity contribution in [1.29, 1.82) is 0 Å². The van der Waals surface area contributed by atoms with E-state index < -0.39 is 0 Å². The van der Waals surface area contributed by atoms with Gasteiger partial charge >= 0.3 is 0 Å². The summed E-state index contributed by atoms with van der Waals surface area (Å²) in [5.74, 6) is 0.183. The fourth-order valence-electron chi connectivity index (χ4n) is 0.537. The summed E-state index contributed by atoms with van der Waals surface area (Å²) in [4.78, 5) is 6.79. The molecule has 1 rings (SSSR count). The predicted octanol–water partition coefficient (Wildman–Crippen LogP) is 1.87. The van der Waals surface area contributed by atoms with Crippen molar-refractivity contribution in [2.75, 3.05) is 5.73 Å². The van der Waals surface area contributed by atoms with Gasteiger partial charge < -0.3 is 5.73 Å². The monoisotopic (exact) mass is 153 g/mol. The molecular weight excluding hydrogens is 150 g/mol. The van der Waals surface area contributed by atoms with Crippen molar-refractivity contribution in [2.45, 2.75) is 0 Å². The number of nitrogens with zero attached hydrogens (tertiary/aromatic N) is 2. The van der Waals surface area contributed by atoms with Gasteiger partial charge in [-0.2, -0.15) is 0 Å². The zero-order valence-corrected chi connectivity index (χ0v) is 5.76. The highest BCUT2D eigenvalue weighted by Gasteiger charge is 1.98. The number of halogens is 1. The lowest BCUT2D eigenvalue weighted by molar-refractivity contribution is 1.35. The molecule has 0 spiro atoms. The lowest BCUT2D eigenvalue weighted by atomic mass is 10.4. The van der Waals surface area contributed by atoms with Gasteiger partial charge in [0.15, 0.2) is 0 Å². The highest BCUT2D eigenvalue weighted by molar-refractivity contribution is 6.29. The van der Waals surface area contributed by atoms with E-state index in [1.54, 1.807) is 0 Å². The van der Waals surface area contributed by atoms with E-state index in [1.165, 1.54) is 12.1 Å². The zero-order chi connectivity index (χ0) is 7.56. The van der Waals surface area contributed by atoms with E-state index in [1.807, 2.05) is 0 Å². The summed E-state index contributed by atoms with van der Waals surface area (Å²) in [6.45, 7) is 6.62. The molecule has 0 saturated carbocycles. The number of hydrogen-bond donors (Lipinski definition) is 1. The van der Waals surface area contributed by atoms with Crippen molar-refractivity contribution in [3.8, 4) is 0 Å². The Morgan fingerprint density at radius 1 is 1.60 bits per heavy atom. The molecule has 0 aromatic carbocycles. The molecule has 1 aromatic heterocycles. The Morgan fingerprint density at radius 3 is 2.80 bits per heavy atom. The summed E-state index contributed by atoms with van der Waals surface area (Å²) in [5, 5.41) is 0.310. The third-order valence-electron chi connectivity index (χ3n) is 0.989. The number of nitrogen functional groups attached to an aromatic ring is 1. The Hall–Kier alpha value is -1.27. The van der Waals surface area contributed by atoms with E-state index in [2.05, 4.69) is 9.83 Å². The number of nitrogens with two attached hydrogens (primary N) is 1. The molecule has 10 heavy (non-hydrogen) atoms. The van der Waals surface area contributed by atoms with Crippen LogP contribution in [-0.2, 0) is 0 Å². The molecule has 0 aliphatic rings. The molecule has 0 saturated heterocycles. The Kier molecular flexibility index (Phi) is 1.74. The van der Waals surface area contributed by atoms with Gasteiger partial charge in [0.2, 0.25) is 5.69 Å². The molecule has 50 valence electrons. The standard InChI is InChI=1S/C6H4ClN3/c1-9-4-2-3-5(7)10-6(4)8/h2-3H,(H2,8,10). The largest absolute Gasteiger partial charge is 0.392 e. The molecule has 0 unspecified atom stereocenters. The molecule has 3 nitrogen and oxygen atoms in total. The first kappa shape index (κ1) is 6.84. The van der Waals surface area contributed by atoms with E-state index in [9.17, 15) is 0 Å². The van der Waals surface area contributed by atoms with Crippen LogP contribution >= 0.6 is 11.6 Å². The van der Waals surface area contributed by atoms with Crippen LogP contribution in [0.25, 0.3) is 4.85 Å². The minimum Gasteiger partial charge on any atom is -0.392 e. The second-order valence-corrected chi connectivity index (χ2v) is 2.04. The Labute approximate surface area is 63.3 Å². The van der Waals surface area contributed by atoms with Gasteiger partial charge in [-0.1, -0.05) is 11.6 Å². The van der Waals surface area contributed by atoms with Crippen molar-refractivity contribution < 1.29 is 0 Å². The average molecular weight is 154 g/mol. The van der Waals surface area contributed by atoms with Crippen LogP contribution in [0.3, 0.4) is 0 Å². The molecule has 4 heteroatoms. The Bertz CT molecular complexity index is 290. The van der Waals surface area contributed by atoms with Crippen LogP contribution in [0, 0.1) is 6.57 Å². The second kappa shape index (κ2) is 2.54. The van der Waals surface area contributed by atoms with Crippen molar-refractivity contribution in [2.24, 2.45) is 0 Å². The Morgan fingerprint density at radius 2 is 2.30 bits per heavy atom. The van der Waals surface area contributed by atoms with Crippen LogP contribution in [0.15, 0.2) is 12.1 Å². The molecule has 1 aromatic rings. The van der Waals surface area contributed by atoms with Crippen LogP contribution in [-0.4, -0.2) is 4.98 Å². The molecule has 0 bridgehead atoms. The van der Waals surface area contributed by atoms with Crippen LogP contribution in [0.5, 0.6) is 0 Å². The fraction of sp³-hybridized carbons (Fsp3) is 0. The number of pyridine rings is 1. The van der Waals surface area contributed by atoms with Gasteiger partial charge in [-0.25, -0.2) is 9.83 Å². The maximum Gasteiger partial charge on any atom is 0.228 e. The topological polar surface area (TPSA) is 43.3 Å². The highest BCUT2D eigenvalue weighted by atomic mass is 35.5. The van der Waals surface area contributed by atoms with Gasteiger partial charge in [-0.05, 0) is 12.1 Å². The summed E-state index contributed by atoms with van der Waals surface area (Å²) in [5.41, 5.74) is 5.66. The van der Waals surface area contributed by atoms with Crippen LogP contribution in [0.2, 0.25) is 5.15 Å². The maximum absolute atomic E-state index is 6.62. The molecule has 0 aliphatic carbocycles.